The molecule has 3 rings (SSSR count). The van der Waals surface area contributed by atoms with E-state index in [1.165, 1.54) is 17.7 Å². The molecule has 2 aromatic heterocycles. The fraction of sp³-hybridized carbons (Fsp3) is 0.400. The highest BCUT2D eigenvalue weighted by Gasteiger charge is 2.29. The van der Waals surface area contributed by atoms with Crippen LogP contribution in [0.5, 0.6) is 0 Å². The molecule has 0 radical (unpaired) electrons. The van der Waals surface area contributed by atoms with Gasteiger partial charge in [0.1, 0.15) is 0 Å². The van der Waals surface area contributed by atoms with Crippen LogP contribution in [0.25, 0.3) is 0 Å². The summed E-state index contributed by atoms with van der Waals surface area (Å²) in [7, 11) is 1.95. The van der Waals surface area contributed by atoms with E-state index in [0.29, 0.717) is 0 Å². The molecular weight excluding hydrogens is 254 g/mol. The highest BCUT2D eigenvalue weighted by molar-refractivity contribution is 7.09. The number of anilines is 1. The van der Waals surface area contributed by atoms with Gasteiger partial charge in [-0.2, -0.15) is 0 Å². The quantitative estimate of drug-likeness (QED) is 0.875. The van der Waals surface area contributed by atoms with Gasteiger partial charge in [0.2, 0.25) is 0 Å². The molecule has 1 aliphatic carbocycles. The predicted molar refractivity (Wildman–Crippen MR) is 80.4 cm³/mol. The lowest BCUT2D eigenvalue weighted by Gasteiger charge is -2.21. The van der Waals surface area contributed by atoms with Crippen molar-refractivity contribution in [1.29, 1.82) is 0 Å². The summed E-state index contributed by atoms with van der Waals surface area (Å²) in [4.78, 5) is 8.48. The summed E-state index contributed by atoms with van der Waals surface area (Å²) >= 11 is 1.84. The maximum Gasteiger partial charge on any atom is 0.0564 e. The number of hydrogen-bond acceptors (Lipinski definition) is 4. The fourth-order valence-corrected chi connectivity index (χ4v) is 3.01. The fourth-order valence-electron chi connectivity index (χ4n) is 2.28. The highest BCUT2D eigenvalue weighted by atomic mass is 32.1. The van der Waals surface area contributed by atoms with Gasteiger partial charge < -0.3 is 5.32 Å². The third-order valence-corrected chi connectivity index (χ3v) is 4.33. The van der Waals surface area contributed by atoms with Crippen molar-refractivity contribution in [3.63, 3.8) is 0 Å². The summed E-state index contributed by atoms with van der Waals surface area (Å²) in [5, 5.41) is 5.33. The van der Waals surface area contributed by atoms with Crippen molar-refractivity contribution in [1.82, 2.24) is 9.88 Å². The molecule has 2 heterocycles. The van der Waals surface area contributed by atoms with Gasteiger partial charge in [-0.05, 0) is 36.4 Å². The van der Waals surface area contributed by atoms with Crippen LogP contribution in [-0.4, -0.2) is 23.0 Å². The number of nitrogens with one attached hydrogen (secondary N) is 1. The summed E-state index contributed by atoms with van der Waals surface area (Å²) < 4.78 is 0. The molecule has 2 aromatic rings. The van der Waals surface area contributed by atoms with E-state index in [4.69, 9.17) is 0 Å². The molecule has 0 aliphatic heterocycles. The first-order valence-corrected chi connectivity index (χ1v) is 7.62. The largest absolute Gasteiger partial charge is 0.388 e. The lowest BCUT2D eigenvalue weighted by atomic mass is 10.3. The van der Waals surface area contributed by atoms with Crippen molar-refractivity contribution in [2.75, 3.05) is 12.4 Å². The Morgan fingerprint density at radius 3 is 2.95 bits per heavy atom. The van der Waals surface area contributed by atoms with Crippen molar-refractivity contribution >= 4 is 17.0 Å². The third-order valence-electron chi connectivity index (χ3n) is 3.47. The average molecular weight is 273 g/mol. The lowest BCUT2D eigenvalue weighted by Crippen LogP contribution is -2.25. The molecule has 0 spiro atoms. The zero-order valence-corrected chi connectivity index (χ0v) is 12.0. The minimum absolute atomic E-state index is 0.752. The van der Waals surface area contributed by atoms with Crippen LogP contribution in [0.4, 0.5) is 5.69 Å². The molecular formula is C15H19N3S. The molecule has 0 aromatic carbocycles. The minimum atomic E-state index is 0.752. The van der Waals surface area contributed by atoms with Gasteiger partial charge in [0, 0.05) is 42.9 Å². The van der Waals surface area contributed by atoms with Crippen LogP contribution in [-0.2, 0) is 13.1 Å². The predicted octanol–water partition coefficient (Wildman–Crippen LogP) is 3.35. The van der Waals surface area contributed by atoms with Gasteiger partial charge in [-0.3, -0.25) is 9.88 Å². The molecule has 1 N–H and O–H groups in total. The van der Waals surface area contributed by atoms with Gasteiger partial charge >= 0.3 is 0 Å². The van der Waals surface area contributed by atoms with Gasteiger partial charge in [0.15, 0.2) is 0 Å². The zero-order valence-electron chi connectivity index (χ0n) is 11.2. The molecule has 1 saturated carbocycles. The Hall–Kier alpha value is -1.39. The number of aromatic nitrogens is 1. The maximum atomic E-state index is 4.49. The minimum Gasteiger partial charge on any atom is -0.388 e. The number of pyridine rings is 1. The Labute approximate surface area is 118 Å². The molecule has 0 atom stereocenters. The van der Waals surface area contributed by atoms with E-state index in [2.05, 4.69) is 38.8 Å². The number of rotatable bonds is 6. The summed E-state index contributed by atoms with van der Waals surface area (Å²) in [6.45, 7) is 1.99. The average Bonchev–Trinajstić information content (AvgIpc) is 3.17. The topological polar surface area (TPSA) is 28.2 Å². The summed E-state index contributed by atoms with van der Waals surface area (Å²) in [5.74, 6) is 0. The number of hydrogen-bond donors (Lipinski definition) is 1. The Balaban J connectivity index is 1.70. The second-order valence-electron chi connectivity index (χ2n) is 5.00. The van der Waals surface area contributed by atoms with Crippen LogP contribution in [0.1, 0.15) is 23.4 Å². The summed E-state index contributed by atoms with van der Waals surface area (Å²) in [5.41, 5.74) is 2.28. The first-order chi connectivity index (χ1) is 9.35. The highest BCUT2D eigenvalue weighted by Crippen LogP contribution is 2.30. The number of thiophene rings is 1. The monoisotopic (exact) mass is 273 g/mol. The zero-order chi connectivity index (χ0) is 13.1. The second-order valence-corrected chi connectivity index (χ2v) is 6.03. The second kappa shape index (κ2) is 5.72. The smallest absolute Gasteiger partial charge is 0.0564 e. The van der Waals surface area contributed by atoms with Gasteiger partial charge in [-0.1, -0.05) is 6.07 Å². The van der Waals surface area contributed by atoms with E-state index in [9.17, 15) is 0 Å². The van der Waals surface area contributed by atoms with Crippen molar-refractivity contribution in [3.05, 3.63) is 46.4 Å². The molecule has 100 valence electrons. The third kappa shape index (κ3) is 3.33. The first-order valence-electron chi connectivity index (χ1n) is 6.74. The van der Waals surface area contributed by atoms with Crippen molar-refractivity contribution in [2.24, 2.45) is 0 Å². The SMILES string of the molecule is CNc1ccnc(CN(Cc2cccs2)C2CC2)c1. The van der Waals surface area contributed by atoms with Gasteiger partial charge in [0.25, 0.3) is 0 Å². The van der Waals surface area contributed by atoms with Crippen molar-refractivity contribution in [3.8, 4) is 0 Å². The normalized spacial score (nSPS) is 14.8. The van der Waals surface area contributed by atoms with E-state index in [0.717, 1.165) is 30.5 Å². The van der Waals surface area contributed by atoms with Crippen LogP contribution in [0.15, 0.2) is 35.8 Å². The summed E-state index contributed by atoms with van der Waals surface area (Å²) in [6, 6.07) is 9.25. The Morgan fingerprint density at radius 1 is 1.37 bits per heavy atom. The first kappa shape index (κ1) is 12.6. The van der Waals surface area contributed by atoms with Crippen LogP contribution >= 0.6 is 11.3 Å². The van der Waals surface area contributed by atoms with Crippen molar-refractivity contribution < 1.29 is 0 Å². The molecule has 0 bridgehead atoms. The van der Waals surface area contributed by atoms with E-state index in [1.807, 2.05) is 30.6 Å². The van der Waals surface area contributed by atoms with E-state index in [1.54, 1.807) is 0 Å². The standard InChI is InChI=1S/C15H19N3S/c1-16-12-6-7-17-13(9-12)10-18(14-4-5-14)11-15-3-2-8-19-15/h2-3,6-9,14H,4-5,10-11H2,1H3,(H,16,17). The summed E-state index contributed by atoms with van der Waals surface area (Å²) in [6.07, 6.45) is 4.55. The van der Waals surface area contributed by atoms with Gasteiger partial charge in [0.05, 0.1) is 5.69 Å². The van der Waals surface area contributed by atoms with Crippen LogP contribution in [0, 0.1) is 0 Å². The molecule has 0 saturated heterocycles. The van der Waals surface area contributed by atoms with Gasteiger partial charge in [-0.15, -0.1) is 11.3 Å². The van der Waals surface area contributed by atoms with Crippen LogP contribution in [0.2, 0.25) is 0 Å². The number of nitrogens with zero attached hydrogens (tertiary/aromatic N) is 2. The Bertz CT molecular complexity index is 520. The molecule has 3 nitrogen and oxygen atoms in total. The Morgan fingerprint density at radius 2 is 2.26 bits per heavy atom. The molecule has 19 heavy (non-hydrogen) atoms. The molecule has 1 aliphatic rings. The van der Waals surface area contributed by atoms with Crippen molar-refractivity contribution in [2.45, 2.75) is 32.0 Å². The molecule has 0 amide bonds. The van der Waals surface area contributed by atoms with Crippen LogP contribution in [0.3, 0.4) is 0 Å². The molecule has 4 heteroatoms. The van der Waals surface area contributed by atoms with E-state index >= 15 is 0 Å². The van der Waals surface area contributed by atoms with Crippen LogP contribution < -0.4 is 5.32 Å². The Kier molecular flexibility index (Phi) is 3.80. The van der Waals surface area contributed by atoms with E-state index < -0.39 is 0 Å². The van der Waals surface area contributed by atoms with E-state index in [-0.39, 0.29) is 0 Å². The van der Waals surface area contributed by atoms with Gasteiger partial charge in [-0.25, -0.2) is 0 Å². The lowest BCUT2D eigenvalue weighted by molar-refractivity contribution is 0.245. The maximum absolute atomic E-state index is 4.49. The molecule has 1 fully saturated rings. The molecule has 0 unspecified atom stereocenters.